The average Bonchev–Trinajstić information content (AvgIpc) is 3.31. The molecule has 1 saturated carbocycles. The Morgan fingerprint density at radius 2 is 2.16 bits per heavy atom. The van der Waals surface area contributed by atoms with Crippen LogP contribution in [-0.4, -0.2) is 42.8 Å². The molecule has 138 valence electrons. The first kappa shape index (κ1) is 18.0. The van der Waals surface area contributed by atoms with Crippen molar-refractivity contribution in [3.05, 3.63) is 23.9 Å². The number of pyridine rings is 1. The van der Waals surface area contributed by atoms with E-state index < -0.39 is 0 Å². The van der Waals surface area contributed by atoms with Crippen LogP contribution in [0.25, 0.3) is 0 Å². The van der Waals surface area contributed by atoms with Gasteiger partial charge in [0.05, 0.1) is 12.6 Å². The van der Waals surface area contributed by atoms with Crippen molar-refractivity contribution >= 4 is 5.96 Å². The lowest BCUT2D eigenvalue weighted by atomic mass is 10.2. The molecule has 1 unspecified atom stereocenters. The number of hydrogen-bond donors (Lipinski definition) is 2. The Balaban J connectivity index is 1.53. The van der Waals surface area contributed by atoms with Gasteiger partial charge in [-0.1, -0.05) is 0 Å². The molecule has 0 bridgehead atoms. The fourth-order valence-electron chi connectivity index (χ4n) is 3.32. The molecule has 2 heterocycles. The summed E-state index contributed by atoms with van der Waals surface area (Å²) in [5.41, 5.74) is 1.11. The predicted octanol–water partition coefficient (Wildman–Crippen LogP) is 2.64. The molecular weight excluding hydrogens is 316 g/mol. The summed E-state index contributed by atoms with van der Waals surface area (Å²) in [6.45, 7) is 5.19. The molecular formula is C19H30N4O2. The third-order valence-electron chi connectivity index (χ3n) is 4.67. The molecule has 0 spiro atoms. The Bertz CT molecular complexity index is 552. The number of aromatic nitrogens is 1. The van der Waals surface area contributed by atoms with Crippen LogP contribution in [0.2, 0.25) is 0 Å². The molecule has 3 rings (SSSR count). The van der Waals surface area contributed by atoms with Gasteiger partial charge in [0.15, 0.2) is 5.96 Å². The molecule has 1 aliphatic carbocycles. The highest BCUT2D eigenvalue weighted by atomic mass is 16.5. The molecule has 1 saturated heterocycles. The minimum Gasteiger partial charge on any atom is -0.474 e. The van der Waals surface area contributed by atoms with E-state index in [2.05, 4.69) is 27.5 Å². The maximum Gasteiger partial charge on any atom is 0.213 e. The normalized spacial score (nSPS) is 21.5. The molecule has 1 atom stereocenters. The van der Waals surface area contributed by atoms with E-state index >= 15 is 0 Å². The van der Waals surface area contributed by atoms with Gasteiger partial charge in [0.1, 0.15) is 6.10 Å². The van der Waals surface area contributed by atoms with Crippen LogP contribution >= 0.6 is 0 Å². The lowest BCUT2D eigenvalue weighted by Crippen LogP contribution is -2.41. The second kappa shape index (κ2) is 9.61. The number of nitrogens with one attached hydrogen (secondary N) is 2. The Kier molecular flexibility index (Phi) is 6.91. The monoisotopic (exact) mass is 346 g/mol. The lowest BCUT2D eigenvalue weighted by molar-refractivity contribution is 0.114. The number of aliphatic imine (C=N–C) groups is 1. The molecule has 1 aromatic heterocycles. The van der Waals surface area contributed by atoms with Gasteiger partial charge in [0, 0.05) is 32.0 Å². The van der Waals surface area contributed by atoms with Crippen molar-refractivity contribution in [1.29, 1.82) is 0 Å². The largest absolute Gasteiger partial charge is 0.474 e. The fourth-order valence-corrected chi connectivity index (χ4v) is 3.32. The van der Waals surface area contributed by atoms with Crippen LogP contribution in [0.4, 0.5) is 0 Å². The zero-order valence-corrected chi connectivity index (χ0v) is 15.2. The first-order chi connectivity index (χ1) is 12.3. The van der Waals surface area contributed by atoms with E-state index in [4.69, 9.17) is 9.47 Å². The van der Waals surface area contributed by atoms with E-state index in [1.807, 2.05) is 18.3 Å². The van der Waals surface area contributed by atoms with Crippen molar-refractivity contribution in [3.8, 4) is 5.88 Å². The van der Waals surface area contributed by atoms with E-state index in [1.165, 1.54) is 12.8 Å². The third kappa shape index (κ3) is 5.88. The number of guanidine groups is 1. The number of nitrogens with zero attached hydrogens (tertiary/aromatic N) is 2. The van der Waals surface area contributed by atoms with Crippen molar-refractivity contribution in [2.45, 2.75) is 64.2 Å². The zero-order chi connectivity index (χ0) is 17.3. The summed E-state index contributed by atoms with van der Waals surface area (Å²) in [6.07, 6.45) is 9.52. The number of ether oxygens (including phenoxy) is 2. The van der Waals surface area contributed by atoms with Gasteiger partial charge in [-0.15, -0.1) is 0 Å². The zero-order valence-electron chi connectivity index (χ0n) is 15.2. The van der Waals surface area contributed by atoms with Gasteiger partial charge in [0.2, 0.25) is 5.88 Å². The molecule has 1 aliphatic heterocycles. The molecule has 0 radical (unpaired) electrons. The molecule has 2 N–H and O–H groups in total. The molecule has 0 amide bonds. The Morgan fingerprint density at radius 3 is 2.92 bits per heavy atom. The third-order valence-corrected chi connectivity index (χ3v) is 4.67. The Hall–Kier alpha value is -1.82. The molecule has 1 aromatic rings. The highest BCUT2D eigenvalue weighted by Gasteiger charge is 2.17. The highest BCUT2D eigenvalue weighted by Crippen LogP contribution is 2.23. The molecule has 2 aliphatic rings. The minimum atomic E-state index is 0.302. The van der Waals surface area contributed by atoms with Crippen LogP contribution in [0.3, 0.4) is 0 Å². The minimum absolute atomic E-state index is 0.302. The van der Waals surface area contributed by atoms with Crippen LogP contribution in [-0.2, 0) is 11.3 Å². The quantitative estimate of drug-likeness (QED) is 0.587. The van der Waals surface area contributed by atoms with Crippen molar-refractivity contribution in [1.82, 2.24) is 15.6 Å². The lowest BCUT2D eigenvalue weighted by Gasteiger charge is -2.15. The van der Waals surface area contributed by atoms with Crippen LogP contribution in [0, 0.1) is 0 Å². The fraction of sp³-hybridized carbons (Fsp3) is 0.684. The van der Waals surface area contributed by atoms with Crippen molar-refractivity contribution < 1.29 is 9.47 Å². The Labute approximate surface area is 150 Å². The van der Waals surface area contributed by atoms with E-state index in [-0.39, 0.29) is 0 Å². The first-order valence-electron chi connectivity index (χ1n) is 9.59. The molecule has 2 fully saturated rings. The maximum atomic E-state index is 5.98. The Morgan fingerprint density at radius 1 is 1.28 bits per heavy atom. The van der Waals surface area contributed by atoms with E-state index in [0.29, 0.717) is 18.8 Å². The van der Waals surface area contributed by atoms with E-state index in [1.54, 1.807) is 0 Å². The van der Waals surface area contributed by atoms with Crippen molar-refractivity contribution in [2.75, 3.05) is 19.7 Å². The summed E-state index contributed by atoms with van der Waals surface area (Å²) >= 11 is 0. The van der Waals surface area contributed by atoms with Crippen molar-refractivity contribution in [3.63, 3.8) is 0 Å². The van der Waals surface area contributed by atoms with Crippen molar-refractivity contribution in [2.24, 2.45) is 4.99 Å². The topological polar surface area (TPSA) is 67.8 Å². The van der Waals surface area contributed by atoms with E-state index in [9.17, 15) is 0 Å². The SMILES string of the molecule is CCNC(=NCc1ccnc(OC2CCCC2)c1)NCC1CCCO1. The molecule has 6 heteroatoms. The molecule has 0 aromatic carbocycles. The van der Waals surface area contributed by atoms with Gasteiger partial charge in [-0.05, 0) is 57.1 Å². The summed E-state index contributed by atoms with van der Waals surface area (Å²) in [7, 11) is 0. The van der Waals surface area contributed by atoms with Crippen LogP contribution in [0.1, 0.15) is 51.0 Å². The summed E-state index contributed by atoms with van der Waals surface area (Å²) in [6, 6.07) is 4.00. The van der Waals surface area contributed by atoms with Gasteiger partial charge in [-0.2, -0.15) is 0 Å². The van der Waals surface area contributed by atoms with Gasteiger partial charge < -0.3 is 20.1 Å². The van der Waals surface area contributed by atoms with Gasteiger partial charge >= 0.3 is 0 Å². The highest BCUT2D eigenvalue weighted by molar-refractivity contribution is 5.79. The summed E-state index contributed by atoms with van der Waals surface area (Å²) in [4.78, 5) is 9.01. The van der Waals surface area contributed by atoms with E-state index in [0.717, 1.165) is 62.8 Å². The standard InChI is InChI=1S/C19H30N4O2/c1-2-20-19(23-14-17-8-5-11-24-17)22-13-15-9-10-21-18(12-15)25-16-6-3-4-7-16/h9-10,12,16-17H,2-8,11,13-14H2,1H3,(H2,20,22,23). The summed E-state index contributed by atoms with van der Waals surface area (Å²) in [5.74, 6) is 1.55. The average molecular weight is 346 g/mol. The summed E-state index contributed by atoms with van der Waals surface area (Å²) < 4.78 is 11.6. The summed E-state index contributed by atoms with van der Waals surface area (Å²) in [5, 5.41) is 6.66. The van der Waals surface area contributed by atoms with Crippen LogP contribution in [0.5, 0.6) is 5.88 Å². The van der Waals surface area contributed by atoms with Crippen LogP contribution in [0.15, 0.2) is 23.3 Å². The molecule has 6 nitrogen and oxygen atoms in total. The predicted molar refractivity (Wildman–Crippen MR) is 98.9 cm³/mol. The number of rotatable bonds is 7. The van der Waals surface area contributed by atoms with Gasteiger partial charge in [-0.3, -0.25) is 0 Å². The number of hydrogen-bond acceptors (Lipinski definition) is 4. The first-order valence-corrected chi connectivity index (χ1v) is 9.59. The van der Waals surface area contributed by atoms with Crippen LogP contribution < -0.4 is 15.4 Å². The second-order valence-electron chi connectivity index (χ2n) is 6.74. The molecule has 25 heavy (non-hydrogen) atoms. The maximum absolute atomic E-state index is 5.98. The van der Waals surface area contributed by atoms with Gasteiger partial charge in [0.25, 0.3) is 0 Å². The smallest absolute Gasteiger partial charge is 0.213 e. The second-order valence-corrected chi connectivity index (χ2v) is 6.74. The van der Waals surface area contributed by atoms with Gasteiger partial charge in [-0.25, -0.2) is 9.98 Å².